The van der Waals surface area contributed by atoms with Crippen LogP contribution in [0.1, 0.15) is 35.3 Å². The summed E-state index contributed by atoms with van der Waals surface area (Å²) < 4.78 is 0. The lowest BCUT2D eigenvalue weighted by Crippen LogP contribution is -2.25. The second kappa shape index (κ2) is 6.97. The molecule has 0 aliphatic carbocycles. The zero-order chi connectivity index (χ0) is 12.5. The predicted molar refractivity (Wildman–Crippen MR) is 60.7 cm³/mol. The van der Waals surface area contributed by atoms with Crippen LogP contribution in [0.5, 0.6) is 0 Å². The van der Waals surface area contributed by atoms with Crippen LogP contribution in [-0.4, -0.2) is 17.4 Å². The minimum absolute atomic E-state index is 0.258. The molecular weight excluding hydrogens is 216 g/mol. The highest BCUT2D eigenvalue weighted by atomic mass is 16.1. The summed E-state index contributed by atoms with van der Waals surface area (Å²) in [7, 11) is 0. The van der Waals surface area contributed by atoms with Crippen LogP contribution in [0.3, 0.4) is 0 Å². The molecular formula is C12H12N4O. The summed E-state index contributed by atoms with van der Waals surface area (Å²) >= 11 is 0. The first-order valence-electron chi connectivity index (χ1n) is 5.29. The van der Waals surface area contributed by atoms with Crippen molar-refractivity contribution in [3.8, 4) is 12.1 Å². The quantitative estimate of drug-likeness (QED) is 0.771. The number of hydrogen-bond acceptors (Lipinski definition) is 4. The van der Waals surface area contributed by atoms with E-state index in [2.05, 4.69) is 10.3 Å². The second-order valence-corrected chi connectivity index (χ2v) is 3.42. The number of unbranched alkanes of at least 4 members (excludes halogenated alkanes) is 2. The summed E-state index contributed by atoms with van der Waals surface area (Å²) in [5.41, 5.74) is 0.722. The van der Waals surface area contributed by atoms with Crippen molar-refractivity contribution in [2.75, 3.05) is 6.54 Å². The maximum Gasteiger partial charge on any atom is 0.269 e. The molecule has 1 rings (SSSR count). The Balaban J connectivity index is 2.37. The van der Waals surface area contributed by atoms with Gasteiger partial charge < -0.3 is 5.32 Å². The first-order valence-corrected chi connectivity index (χ1v) is 5.29. The number of nitriles is 2. The fourth-order valence-electron chi connectivity index (χ4n) is 1.22. The number of amides is 1. The van der Waals surface area contributed by atoms with Gasteiger partial charge in [0.25, 0.3) is 5.91 Å². The molecule has 0 fully saturated rings. The van der Waals surface area contributed by atoms with E-state index in [9.17, 15) is 4.79 Å². The summed E-state index contributed by atoms with van der Waals surface area (Å²) in [5.74, 6) is -0.258. The first kappa shape index (κ1) is 12.7. The molecule has 0 saturated heterocycles. The van der Waals surface area contributed by atoms with E-state index in [0.717, 1.165) is 12.8 Å². The van der Waals surface area contributed by atoms with Crippen LogP contribution in [0.25, 0.3) is 0 Å². The molecule has 0 aliphatic rings. The molecule has 0 saturated carbocycles. The fraction of sp³-hybridized carbons (Fsp3) is 0.333. The number of carbonyl (C=O) groups is 1. The van der Waals surface area contributed by atoms with Crippen molar-refractivity contribution >= 4 is 5.91 Å². The fourth-order valence-corrected chi connectivity index (χ4v) is 1.22. The van der Waals surface area contributed by atoms with E-state index in [0.29, 0.717) is 24.2 Å². The molecule has 0 aromatic carbocycles. The molecule has 1 aromatic rings. The minimum Gasteiger partial charge on any atom is -0.351 e. The third-order valence-electron chi connectivity index (χ3n) is 2.13. The van der Waals surface area contributed by atoms with E-state index in [1.807, 2.05) is 12.1 Å². The van der Waals surface area contributed by atoms with E-state index in [-0.39, 0.29) is 5.91 Å². The molecule has 17 heavy (non-hydrogen) atoms. The third kappa shape index (κ3) is 4.31. The van der Waals surface area contributed by atoms with Gasteiger partial charge in [0.2, 0.25) is 0 Å². The highest BCUT2D eigenvalue weighted by Gasteiger charge is 2.05. The molecule has 0 spiro atoms. The molecule has 5 nitrogen and oxygen atoms in total. The Morgan fingerprint density at radius 1 is 1.35 bits per heavy atom. The Kier molecular flexibility index (Phi) is 5.19. The Hall–Kier alpha value is -2.40. The Morgan fingerprint density at radius 3 is 2.76 bits per heavy atom. The number of rotatable bonds is 5. The Labute approximate surface area is 99.7 Å². The summed E-state index contributed by atoms with van der Waals surface area (Å²) in [6.07, 6.45) is 3.42. The van der Waals surface area contributed by atoms with Crippen molar-refractivity contribution in [3.63, 3.8) is 0 Å². The molecule has 1 heterocycles. The number of pyridine rings is 1. The largest absolute Gasteiger partial charge is 0.351 e. The van der Waals surface area contributed by atoms with Gasteiger partial charge in [-0.1, -0.05) is 0 Å². The van der Waals surface area contributed by atoms with Gasteiger partial charge in [0.1, 0.15) is 11.8 Å². The van der Waals surface area contributed by atoms with E-state index in [1.54, 1.807) is 6.07 Å². The molecule has 1 aromatic heterocycles. The lowest BCUT2D eigenvalue weighted by molar-refractivity contribution is 0.0948. The van der Waals surface area contributed by atoms with Crippen molar-refractivity contribution in [3.05, 3.63) is 29.6 Å². The second-order valence-electron chi connectivity index (χ2n) is 3.42. The molecule has 0 atom stereocenters. The number of nitrogens with one attached hydrogen (secondary N) is 1. The number of nitrogens with zero attached hydrogens (tertiary/aromatic N) is 3. The van der Waals surface area contributed by atoms with E-state index in [1.165, 1.54) is 12.3 Å². The predicted octanol–water partition coefficient (Wildman–Crippen LogP) is 1.38. The molecule has 1 amide bonds. The zero-order valence-electron chi connectivity index (χ0n) is 9.31. The first-order chi connectivity index (χ1) is 8.27. The molecule has 0 radical (unpaired) electrons. The summed E-state index contributed by atoms with van der Waals surface area (Å²) in [6, 6.07) is 7.05. The Morgan fingerprint density at radius 2 is 2.18 bits per heavy atom. The molecule has 86 valence electrons. The highest BCUT2D eigenvalue weighted by Crippen LogP contribution is 1.99. The van der Waals surface area contributed by atoms with Gasteiger partial charge in [-0.2, -0.15) is 10.5 Å². The highest BCUT2D eigenvalue weighted by molar-refractivity contribution is 5.92. The summed E-state index contributed by atoms with van der Waals surface area (Å²) in [5, 5.41) is 19.6. The maximum atomic E-state index is 11.6. The van der Waals surface area contributed by atoms with Crippen molar-refractivity contribution in [1.82, 2.24) is 10.3 Å². The van der Waals surface area contributed by atoms with E-state index < -0.39 is 0 Å². The van der Waals surface area contributed by atoms with Gasteiger partial charge in [-0.3, -0.25) is 4.79 Å². The average molecular weight is 228 g/mol. The average Bonchev–Trinajstić information content (AvgIpc) is 2.38. The normalized spacial score (nSPS) is 9.06. The van der Waals surface area contributed by atoms with Gasteiger partial charge in [0, 0.05) is 19.2 Å². The molecule has 1 N–H and O–H groups in total. The van der Waals surface area contributed by atoms with Gasteiger partial charge >= 0.3 is 0 Å². The van der Waals surface area contributed by atoms with Gasteiger partial charge in [-0.25, -0.2) is 4.98 Å². The Bertz CT molecular complexity index is 453. The number of aromatic nitrogens is 1. The van der Waals surface area contributed by atoms with Gasteiger partial charge in [-0.05, 0) is 25.0 Å². The molecule has 0 aliphatic heterocycles. The number of carbonyl (C=O) groups excluding carboxylic acids is 1. The molecule has 0 bridgehead atoms. The third-order valence-corrected chi connectivity index (χ3v) is 2.13. The topological polar surface area (TPSA) is 89.6 Å². The van der Waals surface area contributed by atoms with Crippen molar-refractivity contribution < 1.29 is 4.79 Å². The van der Waals surface area contributed by atoms with E-state index in [4.69, 9.17) is 10.5 Å². The van der Waals surface area contributed by atoms with Crippen LogP contribution >= 0.6 is 0 Å². The zero-order valence-corrected chi connectivity index (χ0v) is 9.31. The van der Waals surface area contributed by atoms with Gasteiger partial charge in [0.15, 0.2) is 0 Å². The SMILES string of the molecule is N#CCCCCNC(=O)c1ccc(C#N)cn1. The van der Waals surface area contributed by atoms with Crippen LogP contribution in [0.4, 0.5) is 0 Å². The monoisotopic (exact) mass is 228 g/mol. The van der Waals surface area contributed by atoms with E-state index >= 15 is 0 Å². The maximum absolute atomic E-state index is 11.6. The van der Waals surface area contributed by atoms with Gasteiger partial charge in [0.05, 0.1) is 11.6 Å². The molecule has 5 heteroatoms. The number of hydrogen-bond donors (Lipinski definition) is 1. The molecule has 0 unspecified atom stereocenters. The van der Waals surface area contributed by atoms with Crippen LogP contribution in [0.15, 0.2) is 18.3 Å². The van der Waals surface area contributed by atoms with Crippen LogP contribution in [-0.2, 0) is 0 Å². The smallest absolute Gasteiger partial charge is 0.269 e. The summed E-state index contributed by atoms with van der Waals surface area (Å²) in [6.45, 7) is 0.530. The standard InChI is InChI=1S/C12H12N4O/c13-6-2-1-3-7-15-12(17)11-5-4-10(8-14)9-16-11/h4-5,9H,1-3,7H2,(H,15,17). The van der Waals surface area contributed by atoms with Gasteiger partial charge in [-0.15, -0.1) is 0 Å². The van der Waals surface area contributed by atoms with Crippen molar-refractivity contribution in [2.24, 2.45) is 0 Å². The van der Waals surface area contributed by atoms with Crippen LogP contribution < -0.4 is 5.32 Å². The minimum atomic E-state index is -0.258. The summed E-state index contributed by atoms with van der Waals surface area (Å²) in [4.78, 5) is 15.4. The van der Waals surface area contributed by atoms with Crippen molar-refractivity contribution in [1.29, 1.82) is 10.5 Å². The lowest BCUT2D eigenvalue weighted by Gasteiger charge is -2.03. The van der Waals surface area contributed by atoms with Crippen LogP contribution in [0, 0.1) is 22.7 Å². The van der Waals surface area contributed by atoms with Crippen LogP contribution in [0.2, 0.25) is 0 Å². The van der Waals surface area contributed by atoms with Crippen molar-refractivity contribution in [2.45, 2.75) is 19.3 Å². The lowest BCUT2D eigenvalue weighted by atomic mass is 10.2.